The van der Waals surface area contributed by atoms with E-state index in [0.29, 0.717) is 5.56 Å². The molecule has 2 aliphatic heterocycles. The van der Waals surface area contributed by atoms with Crippen molar-refractivity contribution in [3.63, 3.8) is 0 Å². The second-order valence-electron chi connectivity index (χ2n) is 7.94. The highest BCUT2D eigenvalue weighted by molar-refractivity contribution is 8.01. The summed E-state index contributed by atoms with van der Waals surface area (Å²) in [6, 6.07) is 6.21. The average Bonchev–Trinajstić information content (AvgIpc) is 2.99. The molecule has 0 saturated carbocycles. The van der Waals surface area contributed by atoms with E-state index in [4.69, 9.17) is 15.2 Å². The van der Waals surface area contributed by atoms with Gasteiger partial charge in [-0.15, -0.1) is 11.8 Å². The van der Waals surface area contributed by atoms with Gasteiger partial charge in [-0.1, -0.05) is 30.3 Å². The van der Waals surface area contributed by atoms with E-state index in [2.05, 4.69) is 10.1 Å². The molecular weight excluding hydrogens is 438 g/mol. The lowest BCUT2D eigenvalue weighted by Gasteiger charge is -2.44. The van der Waals surface area contributed by atoms with Crippen molar-refractivity contribution in [3.8, 4) is 0 Å². The van der Waals surface area contributed by atoms with E-state index in [-0.39, 0.29) is 6.61 Å². The summed E-state index contributed by atoms with van der Waals surface area (Å²) in [6.45, 7) is 6.74. The van der Waals surface area contributed by atoms with Crippen LogP contribution in [0.1, 0.15) is 39.3 Å². The lowest BCUT2D eigenvalue weighted by atomic mass is 9.95. The number of amides is 2. The van der Waals surface area contributed by atoms with Crippen LogP contribution in [0.25, 0.3) is 0 Å². The van der Waals surface area contributed by atoms with Gasteiger partial charge in [-0.3, -0.25) is 9.59 Å². The van der Waals surface area contributed by atoms with Crippen LogP contribution in [0.5, 0.6) is 0 Å². The first-order valence-electron chi connectivity index (χ1n) is 10.2. The Morgan fingerprint density at radius 3 is 2.50 bits per heavy atom. The summed E-state index contributed by atoms with van der Waals surface area (Å²) in [4.78, 5) is 51.0. The minimum absolute atomic E-state index is 0.122. The van der Waals surface area contributed by atoms with Gasteiger partial charge >= 0.3 is 12.1 Å². The van der Waals surface area contributed by atoms with Gasteiger partial charge in [-0.2, -0.15) is 0 Å². The summed E-state index contributed by atoms with van der Waals surface area (Å²) < 4.78 is 14.0. The number of nitrogens with one attached hydrogen (secondary N) is 1. The largest absolute Gasteiger partial charge is 0.511 e. The van der Waals surface area contributed by atoms with Crippen LogP contribution >= 0.6 is 11.8 Å². The smallest absolute Gasteiger partial charge is 0.435 e. The number of β-lactam (4-membered cyclic amide) rings is 1. The molecule has 0 bridgehead atoms. The van der Waals surface area contributed by atoms with Crippen LogP contribution in [0.3, 0.4) is 0 Å². The standard InChI is InChI=1S/C21H27N3O7S/c1-5-29-20(28)31-11(2)30-19(27)15-21(3,4)32-18-14(17(26)24(15)18)23-16(25)13(22)12-9-7-6-8-10-12/h6-11,13-15,18H,5,22H2,1-4H3,(H,23,25)/t11-,13-,14+,15+,18-/m1/s1. The lowest BCUT2D eigenvalue weighted by Crippen LogP contribution is -2.71. The molecule has 1 aromatic carbocycles. The van der Waals surface area contributed by atoms with Crippen LogP contribution in [0.2, 0.25) is 0 Å². The Bertz CT molecular complexity index is 895. The molecule has 0 spiro atoms. The first-order valence-corrected chi connectivity index (χ1v) is 11.1. The predicted octanol–water partition coefficient (Wildman–Crippen LogP) is 1.30. The molecule has 3 N–H and O–H groups in total. The Balaban J connectivity index is 1.63. The maximum atomic E-state index is 12.8. The SMILES string of the molecule is CCOC(=O)O[C@H](C)OC(=O)[C@@H]1N2C(=O)[C@H](NC(=O)[C@H](N)c3ccccc3)[C@H]2SC1(C)C. The minimum atomic E-state index is -1.18. The van der Waals surface area contributed by atoms with Gasteiger partial charge in [0, 0.05) is 11.7 Å². The van der Waals surface area contributed by atoms with Crippen molar-refractivity contribution in [3.05, 3.63) is 35.9 Å². The van der Waals surface area contributed by atoms with Gasteiger partial charge in [0.1, 0.15) is 23.5 Å². The lowest BCUT2D eigenvalue weighted by molar-refractivity contribution is -0.180. The van der Waals surface area contributed by atoms with Crippen LogP contribution in [-0.4, -0.2) is 63.9 Å². The molecule has 2 aliphatic rings. The monoisotopic (exact) mass is 465 g/mol. The number of carbonyl (C=O) groups excluding carboxylic acids is 4. The van der Waals surface area contributed by atoms with Crippen molar-refractivity contribution in [2.24, 2.45) is 5.73 Å². The van der Waals surface area contributed by atoms with Crippen molar-refractivity contribution < 1.29 is 33.4 Å². The van der Waals surface area contributed by atoms with Crippen LogP contribution in [-0.2, 0) is 28.6 Å². The third-order valence-electron chi connectivity index (χ3n) is 5.21. The minimum Gasteiger partial charge on any atom is -0.435 e. The number of carbonyl (C=O) groups is 4. The number of esters is 1. The summed E-state index contributed by atoms with van der Waals surface area (Å²) >= 11 is 1.38. The molecule has 0 radical (unpaired) electrons. The van der Waals surface area contributed by atoms with Crippen LogP contribution in [0.4, 0.5) is 4.79 Å². The molecule has 0 aliphatic carbocycles. The van der Waals surface area contributed by atoms with Crippen molar-refractivity contribution in [1.29, 1.82) is 0 Å². The number of thioether (sulfide) groups is 1. The Kier molecular flexibility index (Phi) is 6.99. The maximum absolute atomic E-state index is 12.8. The van der Waals surface area contributed by atoms with E-state index >= 15 is 0 Å². The van der Waals surface area contributed by atoms with E-state index in [1.165, 1.54) is 23.6 Å². The molecule has 1 aromatic rings. The van der Waals surface area contributed by atoms with Gasteiger partial charge in [0.25, 0.3) is 0 Å². The van der Waals surface area contributed by atoms with Crippen LogP contribution in [0.15, 0.2) is 30.3 Å². The molecule has 11 heteroatoms. The third-order valence-corrected chi connectivity index (χ3v) is 6.78. The van der Waals surface area contributed by atoms with Gasteiger partial charge in [0.15, 0.2) is 0 Å². The molecule has 10 nitrogen and oxygen atoms in total. The highest BCUT2D eigenvalue weighted by Crippen LogP contribution is 2.51. The molecule has 2 amide bonds. The van der Waals surface area contributed by atoms with Crippen molar-refractivity contribution in [2.45, 2.75) is 62.2 Å². The normalized spacial score (nSPS) is 25.1. The Labute approximate surface area is 190 Å². The topological polar surface area (TPSA) is 137 Å². The van der Waals surface area contributed by atoms with Gasteiger partial charge in [0.05, 0.1) is 6.61 Å². The zero-order valence-electron chi connectivity index (χ0n) is 18.3. The zero-order valence-corrected chi connectivity index (χ0v) is 19.1. The van der Waals surface area contributed by atoms with Gasteiger partial charge in [-0.25, -0.2) is 9.59 Å². The molecule has 3 rings (SSSR count). The Hall–Kier alpha value is -2.79. The van der Waals surface area contributed by atoms with Crippen molar-refractivity contribution >= 4 is 35.7 Å². The molecule has 2 heterocycles. The third kappa shape index (κ3) is 4.68. The van der Waals surface area contributed by atoms with E-state index in [9.17, 15) is 19.2 Å². The Morgan fingerprint density at radius 1 is 1.22 bits per heavy atom. The number of nitrogens with two attached hydrogens (primary N) is 1. The molecule has 32 heavy (non-hydrogen) atoms. The molecule has 0 aromatic heterocycles. The summed E-state index contributed by atoms with van der Waals surface area (Å²) in [5.74, 6) is -1.58. The average molecular weight is 466 g/mol. The number of fused-ring (bicyclic) bond motifs is 1. The summed E-state index contributed by atoms with van der Waals surface area (Å²) in [5, 5.41) is 2.26. The van der Waals surface area contributed by atoms with Crippen molar-refractivity contribution in [1.82, 2.24) is 10.2 Å². The first kappa shape index (κ1) is 23.9. The summed E-state index contributed by atoms with van der Waals surface area (Å²) in [6.07, 6.45) is -2.14. The second-order valence-corrected chi connectivity index (χ2v) is 9.71. The summed E-state index contributed by atoms with van der Waals surface area (Å²) in [7, 11) is 0. The number of benzene rings is 1. The molecular formula is C21H27N3O7S. The fraction of sp³-hybridized carbons (Fsp3) is 0.524. The molecule has 174 valence electrons. The highest BCUT2D eigenvalue weighted by atomic mass is 32.2. The van der Waals surface area contributed by atoms with Gasteiger partial charge in [-0.05, 0) is 26.3 Å². The summed E-state index contributed by atoms with van der Waals surface area (Å²) in [5.41, 5.74) is 6.65. The van der Waals surface area contributed by atoms with E-state index in [1.54, 1.807) is 45.0 Å². The van der Waals surface area contributed by atoms with Crippen LogP contribution < -0.4 is 11.1 Å². The number of rotatable bonds is 7. The van der Waals surface area contributed by atoms with Gasteiger partial charge in [0.2, 0.25) is 18.1 Å². The highest BCUT2D eigenvalue weighted by Gasteiger charge is 2.64. The van der Waals surface area contributed by atoms with Crippen molar-refractivity contribution in [2.75, 3.05) is 6.61 Å². The molecule has 2 saturated heterocycles. The van der Waals surface area contributed by atoms with Crippen LogP contribution in [0, 0.1) is 0 Å². The molecule has 5 atom stereocenters. The molecule has 0 unspecified atom stereocenters. The number of ether oxygens (including phenoxy) is 3. The van der Waals surface area contributed by atoms with E-state index in [0.717, 1.165) is 0 Å². The van der Waals surface area contributed by atoms with E-state index in [1.807, 2.05) is 6.07 Å². The fourth-order valence-electron chi connectivity index (χ4n) is 3.72. The zero-order chi connectivity index (χ0) is 23.6. The fourth-order valence-corrected chi connectivity index (χ4v) is 5.34. The maximum Gasteiger partial charge on any atom is 0.511 e. The molecule has 2 fully saturated rings. The van der Waals surface area contributed by atoms with Gasteiger partial charge < -0.3 is 30.2 Å². The predicted molar refractivity (Wildman–Crippen MR) is 115 cm³/mol. The number of hydrogen-bond acceptors (Lipinski definition) is 9. The number of nitrogens with zero attached hydrogens (tertiary/aromatic N) is 1. The Morgan fingerprint density at radius 2 is 1.88 bits per heavy atom. The van der Waals surface area contributed by atoms with E-state index < -0.39 is 58.5 Å². The first-order chi connectivity index (χ1) is 15.1. The second kappa shape index (κ2) is 9.37. The number of hydrogen-bond donors (Lipinski definition) is 2. The quantitative estimate of drug-likeness (QED) is 0.347.